The molecule has 6 heteroatoms. The van der Waals surface area contributed by atoms with Crippen LogP contribution in [0, 0.1) is 0 Å². The Morgan fingerprint density at radius 3 is 2.68 bits per heavy atom. The molecule has 1 amide bonds. The molecule has 0 unspecified atom stereocenters. The summed E-state index contributed by atoms with van der Waals surface area (Å²) < 4.78 is 0. The summed E-state index contributed by atoms with van der Waals surface area (Å²) in [4.78, 5) is 12.3. The molecule has 0 atom stereocenters. The lowest BCUT2D eigenvalue weighted by molar-refractivity contribution is 0.102. The molecule has 3 rings (SSSR count). The first-order chi connectivity index (χ1) is 10.6. The monoisotopic (exact) mass is 331 g/mol. The van der Waals surface area contributed by atoms with Gasteiger partial charge >= 0.3 is 0 Å². The van der Waals surface area contributed by atoms with E-state index >= 15 is 0 Å². The van der Waals surface area contributed by atoms with Gasteiger partial charge in [0.15, 0.2) is 0 Å². The standard InChI is InChI=1S/C16H11Cl2N3O/c17-11-4-5-13(14(18)9-11)16(22)20-12-3-1-2-10(8-12)15-6-7-19-21-15/h1-9H,(H,19,21)(H,20,22). The van der Waals surface area contributed by atoms with Crippen LogP contribution in [0.25, 0.3) is 11.3 Å². The van der Waals surface area contributed by atoms with Gasteiger partial charge in [-0.15, -0.1) is 0 Å². The third-order valence-electron chi connectivity index (χ3n) is 3.11. The topological polar surface area (TPSA) is 57.8 Å². The molecule has 2 N–H and O–H groups in total. The number of carbonyl (C=O) groups excluding carboxylic acids is 1. The number of amides is 1. The molecule has 22 heavy (non-hydrogen) atoms. The Bertz CT molecular complexity index is 816. The maximum absolute atomic E-state index is 12.3. The van der Waals surface area contributed by atoms with E-state index in [9.17, 15) is 4.79 Å². The van der Waals surface area contributed by atoms with Crippen molar-refractivity contribution in [3.63, 3.8) is 0 Å². The summed E-state index contributed by atoms with van der Waals surface area (Å²) in [5, 5.41) is 10.4. The van der Waals surface area contributed by atoms with Gasteiger partial charge in [-0.3, -0.25) is 9.89 Å². The number of nitrogens with one attached hydrogen (secondary N) is 2. The van der Waals surface area contributed by atoms with Crippen molar-refractivity contribution >= 4 is 34.8 Å². The fourth-order valence-electron chi connectivity index (χ4n) is 2.05. The predicted octanol–water partition coefficient (Wildman–Crippen LogP) is 4.64. The van der Waals surface area contributed by atoms with Crippen molar-refractivity contribution in [2.45, 2.75) is 0 Å². The Hall–Kier alpha value is -2.30. The highest BCUT2D eigenvalue weighted by Gasteiger charge is 2.11. The Balaban J connectivity index is 1.84. The van der Waals surface area contributed by atoms with Crippen LogP contribution < -0.4 is 5.32 Å². The Morgan fingerprint density at radius 2 is 1.95 bits per heavy atom. The van der Waals surface area contributed by atoms with E-state index < -0.39 is 0 Å². The van der Waals surface area contributed by atoms with Crippen molar-refractivity contribution in [3.05, 3.63) is 70.3 Å². The zero-order chi connectivity index (χ0) is 15.5. The summed E-state index contributed by atoms with van der Waals surface area (Å²) in [5.74, 6) is -0.288. The van der Waals surface area contributed by atoms with Crippen LogP contribution in [0.3, 0.4) is 0 Å². The fourth-order valence-corrected chi connectivity index (χ4v) is 2.55. The van der Waals surface area contributed by atoms with Crippen LogP contribution >= 0.6 is 23.2 Å². The van der Waals surface area contributed by atoms with E-state index in [-0.39, 0.29) is 5.91 Å². The summed E-state index contributed by atoms with van der Waals surface area (Å²) in [6.07, 6.45) is 1.67. The molecule has 1 aromatic heterocycles. The van der Waals surface area contributed by atoms with Crippen molar-refractivity contribution in [2.75, 3.05) is 5.32 Å². The van der Waals surface area contributed by atoms with Gasteiger partial charge in [0.05, 0.1) is 16.3 Å². The van der Waals surface area contributed by atoms with Crippen LogP contribution in [-0.4, -0.2) is 16.1 Å². The minimum Gasteiger partial charge on any atom is -0.322 e. The molecule has 0 aliphatic carbocycles. The average molecular weight is 332 g/mol. The van der Waals surface area contributed by atoms with E-state index in [1.54, 1.807) is 24.4 Å². The van der Waals surface area contributed by atoms with Gasteiger partial charge in [0.1, 0.15) is 0 Å². The molecule has 0 saturated heterocycles. The molecule has 3 aromatic rings. The molecule has 0 radical (unpaired) electrons. The van der Waals surface area contributed by atoms with E-state index in [2.05, 4.69) is 15.5 Å². The first-order valence-corrected chi connectivity index (χ1v) is 7.25. The number of aromatic nitrogens is 2. The van der Waals surface area contributed by atoms with Gasteiger partial charge in [-0.2, -0.15) is 5.10 Å². The molecule has 4 nitrogen and oxygen atoms in total. The minimum atomic E-state index is -0.288. The highest BCUT2D eigenvalue weighted by Crippen LogP contribution is 2.24. The predicted molar refractivity (Wildman–Crippen MR) is 88.4 cm³/mol. The second-order valence-corrected chi connectivity index (χ2v) is 5.47. The van der Waals surface area contributed by atoms with Crippen molar-refractivity contribution in [1.29, 1.82) is 0 Å². The van der Waals surface area contributed by atoms with Crippen molar-refractivity contribution in [2.24, 2.45) is 0 Å². The largest absolute Gasteiger partial charge is 0.322 e. The van der Waals surface area contributed by atoms with Gasteiger partial charge in [0.25, 0.3) is 5.91 Å². The Labute approximate surface area is 137 Å². The van der Waals surface area contributed by atoms with Gasteiger partial charge in [0.2, 0.25) is 0 Å². The summed E-state index contributed by atoms with van der Waals surface area (Å²) in [6.45, 7) is 0. The number of carbonyl (C=O) groups is 1. The fraction of sp³-hybridized carbons (Fsp3) is 0. The zero-order valence-corrected chi connectivity index (χ0v) is 12.8. The molecular weight excluding hydrogens is 321 g/mol. The molecule has 1 heterocycles. The molecule has 2 aromatic carbocycles. The van der Waals surface area contributed by atoms with Crippen molar-refractivity contribution < 1.29 is 4.79 Å². The van der Waals surface area contributed by atoms with Crippen molar-refractivity contribution in [1.82, 2.24) is 10.2 Å². The van der Waals surface area contributed by atoms with Crippen molar-refractivity contribution in [3.8, 4) is 11.3 Å². The van der Waals surface area contributed by atoms with Crippen LogP contribution in [0.4, 0.5) is 5.69 Å². The zero-order valence-electron chi connectivity index (χ0n) is 11.3. The summed E-state index contributed by atoms with van der Waals surface area (Å²) in [7, 11) is 0. The third kappa shape index (κ3) is 3.13. The first kappa shape index (κ1) is 14.6. The summed E-state index contributed by atoms with van der Waals surface area (Å²) in [6, 6.07) is 14.1. The second-order valence-electron chi connectivity index (χ2n) is 4.63. The number of hydrogen-bond acceptors (Lipinski definition) is 2. The smallest absolute Gasteiger partial charge is 0.257 e. The molecular formula is C16H11Cl2N3O. The lowest BCUT2D eigenvalue weighted by Gasteiger charge is -2.08. The average Bonchev–Trinajstić information content (AvgIpc) is 3.01. The number of benzene rings is 2. The normalized spacial score (nSPS) is 10.5. The maximum Gasteiger partial charge on any atom is 0.257 e. The van der Waals surface area contributed by atoms with Crippen LogP contribution in [0.2, 0.25) is 10.0 Å². The molecule has 0 aliphatic rings. The molecule has 0 spiro atoms. The van der Waals surface area contributed by atoms with Gasteiger partial charge in [0, 0.05) is 22.5 Å². The van der Waals surface area contributed by atoms with Gasteiger partial charge in [-0.05, 0) is 36.4 Å². The summed E-state index contributed by atoms with van der Waals surface area (Å²) in [5.41, 5.74) is 2.85. The highest BCUT2D eigenvalue weighted by atomic mass is 35.5. The lowest BCUT2D eigenvalue weighted by Crippen LogP contribution is -2.12. The van der Waals surface area contributed by atoms with Gasteiger partial charge in [-0.25, -0.2) is 0 Å². The number of hydrogen-bond donors (Lipinski definition) is 2. The molecule has 110 valence electrons. The number of rotatable bonds is 3. The van der Waals surface area contributed by atoms with E-state index in [1.165, 1.54) is 0 Å². The third-order valence-corrected chi connectivity index (χ3v) is 3.66. The number of aromatic amines is 1. The minimum absolute atomic E-state index is 0.288. The quantitative estimate of drug-likeness (QED) is 0.734. The Kier molecular flexibility index (Phi) is 4.13. The highest BCUT2D eigenvalue weighted by molar-refractivity contribution is 6.37. The van der Waals surface area contributed by atoms with E-state index in [1.807, 2.05) is 30.3 Å². The van der Waals surface area contributed by atoms with Crippen LogP contribution in [0.1, 0.15) is 10.4 Å². The van der Waals surface area contributed by atoms with E-state index in [0.29, 0.717) is 21.3 Å². The maximum atomic E-state index is 12.3. The van der Waals surface area contributed by atoms with Crippen LogP contribution in [-0.2, 0) is 0 Å². The molecule has 0 bridgehead atoms. The number of halogens is 2. The molecule has 0 saturated carbocycles. The SMILES string of the molecule is O=C(Nc1cccc(-c2ccn[nH]2)c1)c1ccc(Cl)cc1Cl. The van der Waals surface area contributed by atoms with Gasteiger partial charge < -0.3 is 5.32 Å². The van der Waals surface area contributed by atoms with Gasteiger partial charge in [-0.1, -0.05) is 35.3 Å². The summed E-state index contributed by atoms with van der Waals surface area (Å²) >= 11 is 11.9. The van der Waals surface area contributed by atoms with Crippen LogP contribution in [0.5, 0.6) is 0 Å². The van der Waals surface area contributed by atoms with Crippen LogP contribution in [0.15, 0.2) is 54.7 Å². The number of anilines is 1. The first-order valence-electron chi connectivity index (χ1n) is 6.50. The number of nitrogens with zero attached hydrogens (tertiary/aromatic N) is 1. The van der Waals surface area contributed by atoms with E-state index in [0.717, 1.165) is 11.3 Å². The lowest BCUT2D eigenvalue weighted by atomic mass is 10.1. The Morgan fingerprint density at radius 1 is 1.09 bits per heavy atom. The second kappa shape index (κ2) is 6.22. The molecule has 0 aliphatic heterocycles. The van der Waals surface area contributed by atoms with E-state index in [4.69, 9.17) is 23.2 Å². The number of H-pyrrole nitrogens is 1. The molecule has 0 fully saturated rings.